The normalized spacial score (nSPS) is 20.5. The van der Waals surface area contributed by atoms with Crippen LogP contribution in [0.5, 0.6) is 0 Å². The highest BCUT2D eigenvalue weighted by Crippen LogP contribution is 2.27. The van der Waals surface area contributed by atoms with Gasteiger partial charge in [-0.15, -0.1) is 0 Å². The summed E-state index contributed by atoms with van der Waals surface area (Å²) in [6.07, 6.45) is 4.97. The lowest BCUT2D eigenvalue weighted by Gasteiger charge is -2.16. The standard InChI is InChI=1S/C20H25N5/c1-13(2)14-3-5-15(6-4-14)18-12-20(23-17-8-7-16(21)11-17)25-19(24-18)9-10-22-25/h3-6,9-10,12-13,16-17,23H,7-8,11,21H2,1-2H3/t16-,17-/m0/s1. The van der Waals surface area contributed by atoms with Crippen LogP contribution in [0.15, 0.2) is 42.6 Å². The van der Waals surface area contributed by atoms with Crippen molar-refractivity contribution in [3.63, 3.8) is 0 Å². The topological polar surface area (TPSA) is 68.2 Å². The van der Waals surface area contributed by atoms with Crippen molar-refractivity contribution in [3.8, 4) is 11.3 Å². The summed E-state index contributed by atoms with van der Waals surface area (Å²) in [5.41, 5.74) is 10.3. The number of benzene rings is 1. The maximum absolute atomic E-state index is 6.06. The molecule has 4 rings (SSSR count). The first-order valence-electron chi connectivity index (χ1n) is 9.07. The molecule has 0 bridgehead atoms. The number of fused-ring (bicyclic) bond motifs is 1. The molecule has 1 aliphatic rings. The molecule has 1 fully saturated rings. The lowest BCUT2D eigenvalue weighted by molar-refractivity contribution is 0.684. The molecule has 0 amide bonds. The first-order valence-corrected chi connectivity index (χ1v) is 9.07. The number of hydrogen-bond acceptors (Lipinski definition) is 4. The van der Waals surface area contributed by atoms with Gasteiger partial charge in [-0.05, 0) is 30.7 Å². The SMILES string of the molecule is CC(C)c1ccc(-c2cc(N[C@H]3CC[C@H](N)C3)n3nccc3n2)cc1. The molecule has 5 heteroatoms. The lowest BCUT2D eigenvalue weighted by atomic mass is 10.0. The average Bonchev–Trinajstić information content (AvgIpc) is 3.23. The van der Waals surface area contributed by atoms with Crippen LogP contribution >= 0.6 is 0 Å². The van der Waals surface area contributed by atoms with Gasteiger partial charge in [-0.2, -0.15) is 9.61 Å². The molecule has 25 heavy (non-hydrogen) atoms. The molecular weight excluding hydrogens is 310 g/mol. The molecule has 0 saturated heterocycles. The monoisotopic (exact) mass is 335 g/mol. The van der Waals surface area contributed by atoms with E-state index < -0.39 is 0 Å². The van der Waals surface area contributed by atoms with Crippen LogP contribution in [0.3, 0.4) is 0 Å². The number of rotatable bonds is 4. The zero-order chi connectivity index (χ0) is 17.4. The summed E-state index contributed by atoms with van der Waals surface area (Å²) in [5.74, 6) is 1.51. The van der Waals surface area contributed by atoms with Crippen LogP contribution in [-0.2, 0) is 0 Å². The first kappa shape index (κ1) is 16.1. The van der Waals surface area contributed by atoms with E-state index in [0.717, 1.165) is 42.0 Å². The zero-order valence-electron chi connectivity index (χ0n) is 14.8. The number of nitrogens with two attached hydrogens (primary N) is 1. The van der Waals surface area contributed by atoms with E-state index in [4.69, 9.17) is 10.7 Å². The van der Waals surface area contributed by atoms with Crippen molar-refractivity contribution >= 4 is 11.5 Å². The van der Waals surface area contributed by atoms with Gasteiger partial charge in [0.1, 0.15) is 5.82 Å². The summed E-state index contributed by atoms with van der Waals surface area (Å²) in [4.78, 5) is 4.77. The van der Waals surface area contributed by atoms with E-state index in [0.29, 0.717) is 18.0 Å². The Morgan fingerprint density at radius 2 is 1.96 bits per heavy atom. The molecule has 1 aromatic carbocycles. The van der Waals surface area contributed by atoms with E-state index in [2.05, 4.69) is 54.6 Å². The lowest BCUT2D eigenvalue weighted by Crippen LogP contribution is -2.22. The van der Waals surface area contributed by atoms with Gasteiger partial charge >= 0.3 is 0 Å². The van der Waals surface area contributed by atoms with Crippen molar-refractivity contribution < 1.29 is 0 Å². The van der Waals surface area contributed by atoms with E-state index in [-0.39, 0.29) is 0 Å². The Kier molecular flexibility index (Phi) is 4.17. The first-order chi connectivity index (χ1) is 12.1. The Morgan fingerprint density at radius 1 is 1.16 bits per heavy atom. The molecule has 0 spiro atoms. The van der Waals surface area contributed by atoms with Gasteiger partial charge < -0.3 is 11.1 Å². The van der Waals surface area contributed by atoms with E-state index in [1.54, 1.807) is 6.20 Å². The van der Waals surface area contributed by atoms with Crippen molar-refractivity contribution in [3.05, 3.63) is 48.2 Å². The highest BCUT2D eigenvalue weighted by atomic mass is 15.3. The summed E-state index contributed by atoms with van der Waals surface area (Å²) in [7, 11) is 0. The second kappa shape index (κ2) is 6.48. The van der Waals surface area contributed by atoms with E-state index >= 15 is 0 Å². The third kappa shape index (κ3) is 3.24. The number of anilines is 1. The fourth-order valence-corrected chi connectivity index (χ4v) is 3.56. The van der Waals surface area contributed by atoms with Crippen LogP contribution in [0, 0.1) is 0 Å². The van der Waals surface area contributed by atoms with Gasteiger partial charge in [0.05, 0.1) is 11.9 Å². The molecule has 2 heterocycles. The van der Waals surface area contributed by atoms with E-state index in [1.165, 1.54) is 5.56 Å². The summed E-state index contributed by atoms with van der Waals surface area (Å²) in [5, 5.41) is 8.03. The van der Waals surface area contributed by atoms with Crippen LogP contribution in [-0.4, -0.2) is 26.7 Å². The Bertz CT molecular complexity index is 865. The quantitative estimate of drug-likeness (QED) is 0.761. The summed E-state index contributed by atoms with van der Waals surface area (Å²) in [6.45, 7) is 4.42. The van der Waals surface area contributed by atoms with Gasteiger partial charge in [0.15, 0.2) is 5.65 Å². The van der Waals surface area contributed by atoms with Crippen molar-refractivity contribution in [2.75, 3.05) is 5.32 Å². The van der Waals surface area contributed by atoms with Gasteiger partial charge in [-0.3, -0.25) is 0 Å². The van der Waals surface area contributed by atoms with Crippen LogP contribution in [0.2, 0.25) is 0 Å². The molecule has 3 aromatic rings. The highest BCUT2D eigenvalue weighted by Gasteiger charge is 2.22. The molecule has 0 radical (unpaired) electrons. The molecule has 0 aliphatic heterocycles. The third-order valence-corrected chi connectivity index (χ3v) is 5.06. The van der Waals surface area contributed by atoms with Crippen molar-refractivity contribution in [1.29, 1.82) is 0 Å². The van der Waals surface area contributed by atoms with Gasteiger partial charge in [-0.1, -0.05) is 38.1 Å². The summed E-state index contributed by atoms with van der Waals surface area (Å²) >= 11 is 0. The molecule has 5 nitrogen and oxygen atoms in total. The molecule has 3 N–H and O–H groups in total. The van der Waals surface area contributed by atoms with E-state index in [1.807, 2.05) is 10.6 Å². The predicted octanol–water partition coefficient (Wildman–Crippen LogP) is 3.81. The van der Waals surface area contributed by atoms with E-state index in [9.17, 15) is 0 Å². The summed E-state index contributed by atoms with van der Waals surface area (Å²) < 4.78 is 1.87. The Balaban J connectivity index is 1.69. The second-order valence-electron chi connectivity index (χ2n) is 7.32. The molecule has 130 valence electrons. The Labute approximate surface area is 148 Å². The van der Waals surface area contributed by atoms with Crippen molar-refractivity contribution in [2.24, 2.45) is 5.73 Å². The Morgan fingerprint density at radius 3 is 2.64 bits per heavy atom. The van der Waals surface area contributed by atoms with Crippen molar-refractivity contribution in [2.45, 2.75) is 51.1 Å². The predicted molar refractivity (Wildman–Crippen MR) is 102 cm³/mol. The molecule has 2 atom stereocenters. The average molecular weight is 335 g/mol. The third-order valence-electron chi connectivity index (χ3n) is 5.06. The minimum Gasteiger partial charge on any atom is -0.367 e. The number of nitrogens with zero attached hydrogens (tertiary/aromatic N) is 3. The molecule has 2 aromatic heterocycles. The fourth-order valence-electron chi connectivity index (χ4n) is 3.56. The maximum Gasteiger partial charge on any atom is 0.157 e. The minimum atomic E-state index is 0.301. The zero-order valence-corrected chi connectivity index (χ0v) is 14.8. The second-order valence-corrected chi connectivity index (χ2v) is 7.32. The number of nitrogens with one attached hydrogen (secondary N) is 1. The van der Waals surface area contributed by atoms with Crippen LogP contribution in [0.4, 0.5) is 5.82 Å². The van der Waals surface area contributed by atoms with Crippen LogP contribution in [0.25, 0.3) is 16.9 Å². The van der Waals surface area contributed by atoms with Gasteiger partial charge in [0.25, 0.3) is 0 Å². The molecular formula is C20H25N5. The largest absolute Gasteiger partial charge is 0.367 e. The highest BCUT2D eigenvalue weighted by molar-refractivity contribution is 5.66. The molecule has 1 saturated carbocycles. The molecule has 0 unspecified atom stereocenters. The molecule has 1 aliphatic carbocycles. The minimum absolute atomic E-state index is 0.301. The van der Waals surface area contributed by atoms with Crippen molar-refractivity contribution in [1.82, 2.24) is 14.6 Å². The Hall–Kier alpha value is -2.40. The maximum atomic E-state index is 6.06. The smallest absolute Gasteiger partial charge is 0.157 e. The van der Waals surface area contributed by atoms with Gasteiger partial charge in [0.2, 0.25) is 0 Å². The number of aromatic nitrogens is 3. The summed E-state index contributed by atoms with van der Waals surface area (Å²) in [6, 6.07) is 13.4. The van der Waals surface area contributed by atoms with Crippen LogP contribution < -0.4 is 11.1 Å². The van der Waals surface area contributed by atoms with Gasteiger partial charge in [0, 0.05) is 29.8 Å². The van der Waals surface area contributed by atoms with Crippen LogP contribution in [0.1, 0.15) is 44.6 Å². The van der Waals surface area contributed by atoms with Gasteiger partial charge in [-0.25, -0.2) is 4.98 Å². The fraction of sp³-hybridized carbons (Fsp3) is 0.400. The number of hydrogen-bond donors (Lipinski definition) is 2.